The van der Waals surface area contributed by atoms with Crippen LogP contribution < -0.4 is 14.9 Å². The minimum absolute atomic E-state index is 0. The van der Waals surface area contributed by atoms with Gasteiger partial charge in [-0.15, -0.1) is 5.52 Å². The van der Waals surface area contributed by atoms with E-state index in [1.54, 1.807) is 36.4 Å². The number of hydrogen-bond donors (Lipinski definition) is 0. The maximum absolute atomic E-state index is 16.8. The van der Waals surface area contributed by atoms with Gasteiger partial charge in [-0.25, -0.2) is 4.99 Å². The number of para-hydroxylation sites is 4. The van der Waals surface area contributed by atoms with Crippen LogP contribution in [0.5, 0.6) is 0 Å². The van der Waals surface area contributed by atoms with Gasteiger partial charge in [-0.05, 0) is 66.1 Å². The number of benzene rings is 4. The second-order valence-electron chi connectivity index (χ2n) is 11.8. The largest absolute Gasteiger partial charge is 2.00 e. The maximum atomic E-state index is 16.8. The van der Waals surface area contributed by atoms with Crippen molar-refractivity contribution in [3.8, 4) is 0 Å². The third-order valence-corrected chi connectivity index (χ3v) is 8.27. The van der Waals surface area contributed by atoms with E-state index in [1.165, 1.54) is 12.8 Å². The number of allylic oxidation sites excluding steroid dienone is 2. The second-order valence-corrected chi connectivity index (χ2v) is 11.8. The number of rotatable bonds is 3. The fraction of sp³-hybridized carbons (Fsp3) is 0.162. The van der Waals surface area contributed by atoms with E-state index in [0.717, 1.165) is 22.5 Å². The smallest absolute Gasteiger partial charge is 0.869 e. The van der Waals surface area contributed by atoms with E-state index < -0.39 is 36.9 Å². The monoisotopic (exact) mass is 844 g/mol. The summed E-state index contributed by atoms with van der Waals surface area (Å²) in [5.41, 5.74) is 4.66. The number of nitrogens with zero attached hydrogens (tertiary/aromatic N) is 4. The van der Waals surface area contributed by atoms with Crippen LogP contribution in [0.25, 0.3) is 10.9 Å². The number of halogens is 8. The van der Waals surface area contributed by atoms with Gasteiger partial charge in [0.1, 0.15) is 5.71 Å². The molecular weight excluding hydrogens is 818 g/mol. The average Bonchev–Trinajstić information content (AvgIpc) is 3.89. The standard InChI is InChI=1S/C28H18BF2N4.C5H2F6O2.C4H8O.Pd/c30-29(31)34(20-13-5-2-6-14-20)27-21-15-7-9-17-23(21)33-26(27)28-25(32-19-11-3-1-4-12-19)22-16-8-10-18-24(22)35(28)29;6-4(7,8)2(12)1-3(13)5(9,10)11;1-2-4-5-3-1;/h1-18H;1,12H;1-4H2;/q-1;;;+2/p-1/b;2-1-;;. The van der Waals surface area contributed by atoms with Crippen LogP contribution in [0.15, 0.2) is 126 Å². The van der Waals surface area contributed by atoms with E-state index in [1.807, 2.05) is 72.8 Å². The van der Waals surface area contributed by atoms with Gasteiger partial charge >= 0.3 is 39.7 Å². The zero-order valence-electron chi connectivity index (χ0n) is 27.7. The Morgan fingerprint density at radius 2 is 1.39 bits per heavy atom. The number of ketones is 1. The summed E-state index contributed by atoms with van der Waals surface area (Å²) in [5, 5.41) is 10.5. The Bertz CT molecular complexity index is 2210. The van der Waals surface area contributed by atoms with Crippen LogP contribution in [0.2, 0.25) is 0 Å². The number of carbonyl (C=O) groups is 1. The summed E-state index contributed by atoms with van der Waals surface area (Å²) in [7, 11) is 0. The zero-order chi connectivity index (χ0) is 38.0. The molecule has 0 aliphatic carbocycles. The molecule has 5 aromatic rings. The first-order valence-corrected chi connectivity index (χ1v) is 16.2. The topological polar surface area (TPSA) is 82.1 Å². The second kappa shape index (κ2) is 16.1. The summed E-state index contributed by atoms with van der Waals surface area (Å²) < 4.78 is 107. The summed E-state index contributed by atoms with van der Waals surface area (Å²) in [6.45, 7) is -2.27. The van der Waals surface area contributed by atoms with Gasteiger partial charge in [0.05, 0.1) is 11.3 Å². The van der Waals surface area contributed by atoms with Crippen molar-refractivity contribution in [1.82, 2.24) is 4.98 Å². The van der Waals surface area contributed by atoms with Crippen molar-refractivity contribution >= 4 is 57.8 Å². The number of ether oxygens (including phenoxy) is 1. The molecule has 8 rings (SSSR count). The van der Waals surface area contributed by atoms with Crippen LogP contribution in [-0.2, 0) is 30.0 Å². The van der Waals surface area contributed by atoms with Crippen LogP contribution >= 0.6 is 0 Å². The van der Waals surface area contributed by atoms with Crippen molar-refractivity contribution < 1.29 is 74.5 Å². The van der Waals surface area contributed by atoms with Crippen molar-refractivity contribution in [1.29, 1.82) is 0 Å². The van der Waals surface area contributed by atoms with Crippen LogP contribution in [-0.4, -0.2) is 54.2 Å². The molecule has 1 saturated heterocycles. The fourth-order valence-corrected chi connectivity index (χ4v) is 5.98. The minimum atomic E-state index is -5.46. The van der Waals surface area contributed by atoms with Crippen molar-refractivity contribution in [2.45, 2.75) is 25.2 Å². The van der Waals surface area contributed by atoms with Crippen molar-refractivity contribution in [3.63, 3.8) is 0 Å². The van der Waals surface area contributed by atoms with Gasteiger partial charge < -0.3 is 32.8 Å². The zero-order valence-corrected chi connectivity index (χ0v) is 29.3. The summed E-state index contributed by atoms with van der Waals surface area (Å²) >= 11 is 0. The van der Waals surface area contributed by atoms with Gasteiger partial charge in [0.15, 0.2) is 11.4 Å². The van der Waals surface area contributed by atoms with E-state index in [4.69, 9.17) is 14.7 Å². The van der Waals surface area contributed by atoms with Gasteiger partial charge in [0.25, 0.3) is 5.78 Å². The normalized spacial score (nSPS) is 16.7. The molecule has 4 heterocycles. The average molecular weight is 845 g/mol. The van der Waals surface area contributed by atoms with Crippen molar-refractivity contribution in [2.75, 3.05) is 18.0 Å². The Balaban J connectivity index is 0.000000247. The maximum Gasteiger partial charge on any atom is 2.00 e. The number of alkyl halides is 6. The molecule has 7 nitrogen and oxygen atoms in total. The molecule has 1 fully saturated rings. The molecule has 0 radical (unpaired) electrons. The van der Waals surface area contributed by atoms with Crippen LogP contribution in [0.1, 0.15) is 24.1 Å². The Hall–Kier alpha value is -5.10. The molecule has 0 atom stereocenters. The molecule has 0 N–H and O–H groups in total. The van der Waals surface area contributed by atoms with E-state index in [9.17, 15) is 36.2 Å². The summed E-state index contributed by atoms with van der Waals surface area (Å²) in [6.07, 6.45) is -9.39. The number of aromatic nitrogens is 1. The quantitative estimate of drug-likeness (QED) is 0.0791. The molecule has 1 aromatic heterocycles. The van der Waals surface area contributed by atoms with Gasteiger partial charge in [0.2, 0.25) is 0 Å². The Labute approximate surface area is 317 Å². The Kier molecular flexibility index (Phi) is 12.0. The predicted octanol–water partition coefficient (Wildman–Crippen LogP) is 8.31. The van der Waals surface area contributed by atoms with E-state index in [-0.39, 0.29) is 20.4 Å². The number of aliphatic imine (C=N–C) groups is 1. The van der Waals surface area contributed by atoms with Gasteiger partial charge in [-0.3, -0.25) is 4.79 Å². The molecule has 0 saturated carbocycles. The predicted molar refractivity (Wildman–Crippen MR) is 182 cm³/mol. The number of fused-ring (bicyclic) bond motifs is 6. The van der Waals surface area contributed by atoms with Crippen LogP contribution in [0.3, 0.4) is 0 Å². The molecular formula is C37H27BF8N4O3Pd. The molecule has 4 aromatic carbocycles. The molecule has 17 heteroatoms. The summed E-state index contributed by atoms with van der Waals surface area (Å²) in [6, 6.07) is 32.9. The summed E-state index contributed by atoms with van der Waals surface area (Å²) in [5.74, 6) is -5.65. The number of hydrogen-bond acceptors (Lipinski definition) is 5. The molecule has 0 unspecified atom stereocenters. The first-order chi connectivity index (χ1) is 25.2. The number of anilines is 2. The van der Waals surface area contributed by atoms with E-state index in [0.29, 0.717) is 56.3 Å². The van der Waals surface area contributed by atoms with Gasteiger partial charge in [0, 0.05) is 30.7 Å². The Morgan fingerprint density at radius 3 is 1.98 bits per heavy atom. The first-order valence-electron chi connectivity index (χ1n) is 16.2. The van der Waals surface area contributed by atoms with E-state index in [2.05, 4.69) is 0 Å². The Morgan fingerprint density at radius 1 is 0.815 bits per heavy atom. The first kappa shape index (κ1) is 40.1. The third kappa shape index (κ3) is 8.18. The molecule has 0 amide bonds. The van der Waals surface area contributed by atoms with Gasteiger partial charge in [-0.2, -0.15) is 26.3 Å². The van der Waals surface area contributed by atoms with E-state index >= 15 is 8.63 Å². The van der Waals surface area contributed by atoms with Crippen molar-refractivity contribution in [2.24, 2.45) is 4.99 Å². The van der Waals surface area contributed by atoms with Crippen LogP contribution in [0.4, 0.5) is 57.7 Å². The molecule has 0 spiro atoms. The van der Waals surface area contributed by atoms with Crippen molar-refractivity contribution in [3.05, 3.63) is 132 Å². The fourth-order valence-electron chi connectivity index (χ4n) is 5.98. The molecule has 282 valence electrons. The number of carbonyl (C=O) groups excluding carboxylic acids is 1. The molecule has 3 aliphatic rings. The SMILES string of the molecule is C1CCOC1.F[B-]1(F)N(c2ccccc2)c2c([n-]c3ccccc23)C2=[N+]1c1ccccc1C2=Nc1ccccc1.O=C(/C=C(\[O-])C(F)(F)F)C(F)(F)F.[Pd+2]. The molecule has 54 heavy (non-hydrogen) atoms. The van der Waals surface area contributed by atoms with Gasteiger partial charge in [-0.1, -0.05) is 72.8 Å². The van der Waals surface area contributed by atoms with Crippen LogP contribution in [0, 0.1) is 0 Å². The molecule has 0 bridgehead atoms. The third-order valence-electron chi connectivity index (χ3n) is 8.27. The molecule has 3 aliphatic heterocycles. The summed E-state index contributed by atoms with van der Waals surface area (Å²) in [4.78, 5) is 20.7. The minimum Gasteiger partial charge on any atom is -0.869 e.